The van der Waals surface area contributed by atoms with E-state index in [4.69, 9.17) is 0 Å². The summed E-state index contributed by atoms with van der Waals surface area (Å²) in [6.45, 7) is 0.446. The van der Waals surface area contributed by atoms with Crippen LogP contribution in [0.1, 0.15) is 5.82 Å². The standard InChI is InChI=1S/C18H14F2N6/c19-11-7-12(20)9-13(8-11)24-18-25-15-4-2-1-3-14(15)17(26-18)23-10-16-21-5-6-22-16/h1-9H,10H2,(H,21,22)(H2,23,24,25,26). The molecule has 2 aromatic heterocycles. The monoisotopic (exact) mass is 352 g/mol. The third-order valence-electron chi connectivity index (χ3n) is 3.70. The van der Waals surface area contributed by atoms with Gasteiger partial charge >= 0.3 is 0 Å². The third-order valence-corrected chi connectivity index (χ3v) is 3.70. The lowest BCUT2D eigenvalue weighted by atomic mass is 10.2. The van der Waals surface area contributed by atoms with Gasteiger partial charge in [-0.15, -0.1) is 0 Å². The van der Waals surface area contributed by atoms with E-state index in [1.54, 1.807) is 12.4 Å². The van der Waals surface area contributed by atoms with Crippen LogP contribution in [0.4, 0.5) is 26.2 Å². The van der Waals surface area contributed by atoms with E-state index in [0.717, 1.165) is 17.3 Å². The highest BCUT2D eigenvalue weighted by molar-refractivity contribution is 5.90. The van der Waals surface area contributed by atoms with Crippen molar-refractivity contribution in [1.82, 2.24) is 19.9 Å². The van der Waals surface area contributed by atoms with Gasteiger partial charge in [-0.25, -0.2) is 18.7 Å². The molecule has 0 fully saturated rings. The first-order chi connectivity index (χ1) is 12.7. The molecule has 0 radical (unpaired) electrons. The highest BCUT2D eigenvalue weighted by Crippen LogP contribution is 2.24. The van der Waals surface area contributed by atoms with Gasteiger partial charge < -0.3 is 15.6 Å². The number of halogens is 2. The second kappa shape index (κ2) is 6.75. The molecule has 4 aromatic rings. The maximum atomic E-state index is 13.4. The van der Waals surface area contributed by atoms with Crippen LogP contribution in [0.2, 0.25) is 0 Å². The summed E-state index contributed by atoms with van der Waals surface area (Å²) >= 11 is 0. The lowest BCUT2D eigenvalue weighted by molar-refractivity contribution is 0.584. The Hall–Kier alpha value is -3.55. The molecule has 26 heavy (non-hydrogen) atoms. The maximum absolute atomic E-state index is 13.4. The molecule has 6 nitrogen and oxygen atoms in total. The lowest BCUT2D eigenvalue weighted by Gasteiger charge is -2.11. The highest BCUT2D eigenvalue weighted by atomic mass is 19.1. The van der Waals surface area contributed by atoms with Gasteiger partial charge in [0.2, 0.25) is 5.95 Å². The van der Waals surface area contributed by atoms with E-state index in [-0.39, 0.29) is 11.6 Å². The molecule has 0 aliphatic rings. The van der Waals surface area contributed by atoms with Gasteiger partial charge in [0.15, 0.2) is 0 Å². The van der Waals surface area contributed by atoms with Gasteiger partial charge in [-0.3, -0.25) is 0 Å². The zero-order valence-electron chi connectivity index (χ0n) is 13.5. The number of H-pyrrole nitrogens is 1. The number of nitrogens with one attached hydrogen (secondary N) is 3. The molecule has 0 saturated heterocycles. The van der Waals surface area contributed by atoms with Crippen molar-refractivity contribution in [3.05, 3.63) is 72.3 Å². The van der Waals surface area contributed by atoms with Gasteiger partial charge in [-0.2, -0.15) is 4.98 Å². The van der Waals surface area contributed by atoms with Crippen molar-refractivity contribution in [2.45, 2.75) is 6.54 Å². The minimum atomic E-state index is -0.676. The zero-order valence-corrected chi connectivity index (χ0v) is 13.5. The Morgan fingerprint density at radius 3 is 2.58 bits per heavy atom. The van der Waals surface area contributed by atoms with Crippen molar-refractivity contribution < 1.29 is 8.78 Å². The van der Waals surface area contributed by atoms with Crippen LogP contribution >= 0.6 is 0 Å². The van der Waals surface area contributed by atoms with Crippen LogP contribution in [0.25, 0.3) is 10.9 Å². The predicted molar refractivity (Wildman–Crippen MR) is 95.1 cm³/mol. The van der Waals surface area contributed by atoms with Crippen molar-refractivity contribution in [2.75, 3.05) is 10.6 Å². The number of para-hydroxylation sites is 1. The Bertz CT molecular complexity index is 1030. The summed E-state index contributed by atoms with van der Waals surface area (Å²) in [5.41, 5.74) is 0.929. The van der Waals surface area contributed by atoms with Crippen molar-refractivity contribution in [3.63, 3.8) is 0 Å². The first-order valence-corrected chi connectivity index (χ1v) is 7.89. The van der Waals surface area contributed by atoms with Gasteiger partial charge in [0.05, 0.1) is 12.1 Å². The second-order valence-corrected chi connectivity index (χ2v) is 5.59. The Morgan fingerprint density at radius 2 is 1.81 bits per heavy atom. The molecular weight excluding hydrogens is 338 g/mol. The molecule has 2 heterocycles. The topological polar surface area (TPSA) is 78.5 Å². The van der Waals surface area contributed by atoms with Gasteiger partial charge in [0, 0.05) is 29.5 Å². The Morgan fingerprint density at radius 1 is 1.00 bits per heavy atom. The molecule has 0 bridgehead atoms. The fourth-order valence-electron chi connectivity index (χ4n) is 2.58. The van der Waals surface area contributed by atoms with Crippen molar-refractivity contribution in [3.8, 4) is 0 Å². The number of imidazole rings is 1. The lowest BCUT2D eigenvalue weighted by Crippen LogP contribution is -2.06. The number of hydrogen-bond donors (Lipinski definition) is 3. The summed E-state index contributed by atoms with van der Waals surface area (Å²) in [5, 5.41) is 6.88. The fourth-order valence-corrected chi connectivity index (χ4v) is 2.58. The van der Waals surface area contributed by atoms with Gasteiger partial charge in [0.1, 0.15) is 23.3 Å². The molecular formula is C18H14F2N6. The molecule has 0 saturated carbocycles. The summed E-state index contributed by atoms with van der Waals surface area (Å²) < 4.78 is 26.8. The summed E-state index contributed by atoms with van der Waals surface area (Å²) in [5.74, 6) is 0.227. The van der Waals surface area contributed by atoms with E-state index >= 15 is 0 Å². The van der Waals surface area contributed by atoms with Gasteiger partial charge in [-0.05, 0) is 24.3 Å². The number of anilines is 3. The van der Waals surface area contributed by atoms with Crippen molar-refractivity contribution in [2.24, 2.45) is 0 Å². The average molecular weight is 352 g/mol. The Kier molecular flexibility index (Phi) is 4.14. The van der Waals surface area contributed by atoms with Crippen molar-refractivity contribution >= 4 is 28.4 Å². The molecule has 0 spiro atoms. The maximum Gasteiger partial charge on any atom is 0.229 e. The number of aromatic amines is 1. The minimum Gasteiger partial charge on any atom is -0.362 e. The number of benzene rings is 2. The largest absolute Gasteiger partial charge is 0.362 e. The van der Waals surface area contributed by atoms with Crippen LogP contribution in [0, 0.1) is 11.6 Å². The van der Waals surface area contributed by atoms with Crippen LogP contribution in [-0.4, -0.2) is 19.9 Å². The van der Waals surface area contributed by atoms with Crippen molar-refractivity contribution in [1.29, 1.82) is 0 Å². The first kappa shape index (κ1) is 15.9. The third kappa shape index (κ3) is 3.44. The molecule has 0 unspecified atom stereocenters. The Labute approximate surface area is 147 Å². The number of rotatable bonds is 5. The molecule has 2 aromatic carbocycles. The van der Waals surface area contributed by atoms with E-state index < -0.39 is 11.6 Å². The quantitative estimate of drug-likeness (QED) is 0.506. The molecule has 0 aliphatic carbocycles. The normalized spacial score (nSPS) is 10.8. The molecule has 3 N–H and O–H groups in total. The van der Waals surface area contributed by atoms with Crippen LogP contribution in [-0.2, 0) is 6.54 Å². The number of fused-ring (bicyclic) bond motifs is 1. The summed E-state index contributed by atoms with van der Waals surface area (Å²) in [6, 6.07) is 10.6. The SMILES string of the molecule is Fc1cc(F)cc(Nc2nc(NCc3ncc[nH]3)c3ccccc3n2)c1. The summed E-state index contributed by atoms with van der Waals surface area (Å²) in [6.07, 6.45) is 3.40. The number of hydrogen-bond acceptors (Lipinski definition) is 5. The molecule has 8 heteroatoms. The fraction of sp³-hybridized carbons (Fsp3) is 0.0556. The van der Waals surface area contributed by atoms with Crippen LogP contribution in [0.15, 0.2) is 54.9 Å². The van der Waals surface area contributed by atoms with Gasteiger partial charge in [-0.1, -0.05) is 12.1 Å². The van der Waals surface area contributed by atoms with Crippen LogP contribution in [0.5, 0.6) is 0 Å². The number of nitrogens with zero attached hydrogens (tertiary/aromatic N) is 3. The average Bonchev–Trinajstić information content (AvgIpc) is 3.12. The zero-order chi connectivity index (χ0) is 17.9. The molecule has 130 valence electrons. The smallest absolute Gasteiger partial charge is 0.229 e. The molecule has 4 rings (SSSR count). The van der Waals surface area contributed by atoms with E-state index in [0.29, 0.717) is 17.9 Å². The summed E-state index contributed by atoms with van der Waals surface area (Å²) in [4.78, 5) is 16.0. The molecule has 0 aliphatic heterocycles. The highest BCUT2D eigenvalue weighted by Gasteiger charge is 2.09. The van der Waals surface area contributed by atoms with Crippen LogP contribution < -0.4 is 10.6 Å². The van der Waals surface area contributed by atoms with E-state index in [9.17, 15) is 8.78 Å². The Balaban J connectivity index is 1.68. The van der Waals surface area contributed by atoms with E-state index in [2.05, 4.69) is 30.6 Å². The van der Waals surface area contributed by atoms with E-state index in [1.807, 2.05) is 24.3 Å². The second-order valence-electron chi connectivity index (χ2n) is 5.59. The van der Waals surface area contributed by atoms with Crippen LogP contribution in [0.3, 0.4) is 0 Å². The minimum absolute atomic E-state index is 0.231. The van der Waals surface area contributed by atoms with E-state index in [1.165, 1.54) is 12.1 Å². The predicted octanol–water partition coefficient (Wildman–Crippen LogP) is 3.99. The first-order valence-electron chi connectivity index (χ1n) is 7.89. The molecule has 0 atom stereocenters. The number of aromatic nitrogens is 4. The summed E-state index contributed by atoms with van der Waals surface area (Å²) in [7, 11) is 0. The van der Waals surface area contributed by atoms with Gasteiger partial charge in [0.25, 0.3) is 0 Å². The molecule has 0 amide bonds.